The number of nitrogens with zero attached hydrogens (tertiary/aromatic N) is 3. The number of aliphatic hydroxyl groups is 1. The van der Waals surface area contributed by atoms with E-state index in [9.17, 15) is 15.2 Å². The van der Waals surface area contributed by atoms with E-state index in [4.69, 9.17) is 0 Å². The molecule has 0 amide bonds. The molecule has 1 aromatic rings. The predicted octanol–water partition coefficient (Wildman–Crippen LogP) is 2.16. The Hall–Kier alpha value is -1.89. The lowest BCUT2D eigenvalue weighted by molar-refractivity contribution is -0.384. The van der Waals surface area contributed by atoms with Crippen LogP contribution in [0, 0.1) is 10.1 Å². The summed E-state index contributed by atoms with van der Waals surface area (Å²) in [7, 11) is 0. The first-order valence-corrected chi connectivity index (χ1v) is 7.43. The second kappa shape index (κ2) is 7.21. The van der Waals surface area contributed by atoms with Gasteiger partial charge < -0.3 is 15.3 Å². The minimum Gasteiger partial charge on any atom is -0.395 e. The number of hydrogen-bond acceptors (Lipinski definition) is 6. The highest BCUT2D eigenvalue weighted by Crippen LogP contribution is 2.31. The number of aromatic nitrogens is 1. The Kier molecular flexibility index (Phi) is 5.32. The Morgan fingerprint density at radius 3 is 2.81 bits per heavy atom. The molecule has 0 atom stereocenters. The third kappa shape index (κ3) is 3.81. The zero-order valence-corrected chi connectivity index (χ0v) is 12.3. The summed E-state index contributed by atoms with van der Waals surface area (Å²) in [6.45, 7) is 3.21. The molecular weight excluding hydrogens is 272 g/mol. The van der Waals surface area contributed by atoms with Crippen molar-refractivity contribution in [2.45, 2.75) is 38.6 Å². The largest absolute Gasteiger partial charge is 0.395 e. The van der Waals surface area contributed by atoms with Crippen LogP contribution >= 0.6 is 0 Å². The van der Waals surface area contributed by atoms with Crippen molar-refractivity contribution in [2.24, 2.45) is 0 Å². The summed E-state index contributed by atoms with van der Waals surface area (Å²) in [6.07, 6.45) is 4.16. The Bertz CT molecular complexity index is 491. The van der Waals surface area contributed by atoms with Crippen molar-refractivity contribution in [1.29, 1.82) is 0 Å². The minimum atomic E-state index is -0.403. The van der Waals surface area contributed by atoms with Gasteiger partial charge in [0.15, 0.2) is 0 Å². The van der Waals surface area contributed by atoms with Crippen molar-refractivity contribution >= 4 is 17.3 Å². The van der Waals surface area contributed by atoms with Crippen LogP contribution in [0.25, 0.3) is 0 Å². The quantitative estimate of drug-likeness (QED) is 0.564. The number of hydrogen-bond donors (Lipinski definition) is 2. The van der Waals surface area contributed by atoms with Gasteiger partial charge >= 0.3 is 0 Å². The van der Waals surface area contributed by atoms with E-state index < -0.39 is 4.92 Å². The molecule has 0 bridgehead atoms. The molecule has 0 saturated heterocycles. The molecule has 0 radical (unpaired) electrons. The first kappa shape index (κ1) is 15.5. The third-order valence-electron chi connectivity index (χ3n) is 3.71. The van der Waals surface area contributed by atoms with Crippen LogP contribution in [-0.4, -0.2) is 40.8 Å². The van der Waals surface area contributed by atoms with Crippen LogP contribution in [0.2, 0.25) is 0 Å². The van der Waals surface area contributed by atoms with Crippen LogP contribution in [0.3, 0.4) is 0 Å². The Morgan fingerprint density at radius 2 is 2.29 bits per heavy atom. The van der Waals surface area contributed by atoms with Crippen LogP contribution in [0.5, 0.6) is 0 Å². The smallest absolute Gasteiger partial charge is 0.276 e. The zero-order valence-electron chi connectivity index (χ0n) is 12.3. The Labute approximate surface area is 124 Å². The molecule has 2 N–H and O–H groups in total. The molecule has 7 nitrogen and oxygen atoms in total. The summed E-state index contributed by atoms with van der Waals surface area (Å²) in [5, 5.41) is 23.4. The molecule has 1 aromatic heterocycles. The van der Waals surface area contributed by atoms with Crippen molar-refractivity contribution in [3.8, 4) is 0 Å². The van der Waals surface area contributed by atoms with Gasteiger partial charge in [-0.15, -0.1) is 0 Å². The van der Waals surface area contributed by atoms with E-state index in [0.717, 1.165) is 32.2 Å². The van der Waals surface area contributed by atoms with Gasteiger partial charge in [-0.2, -0.15) is 0 Å². The van der Waals surface area contributed by atoms with Gasteiger partial charge in [-0.05, 0) is 25.7 Å². The van der Waals surface area contributed by atoms with Crippen LogP contribution in [0.4, 0.5) is 17.3 Å². The fraction of sp³-hybridized carbons (Fsp3) is 0.643. The number of aliphatic hydroxyl groups excluding tert-OH is 1. The molecule has 0 aliphatic heterocycles. The molecule has 7 heteroatoms. The highest BCUT2D eigenvalue weighted by atomic mass is 16.6. The number of pyridine rings is 1. The lowest BCUT2D eigenvalue weighted by Gasteiger charge is -2.38. The highest BCUT2D eigenvalue weighted by Gasteiger charge is 2.27. The van der Waals surface area contributed by atoms with E-state index in [1.165, 1.54) is 12.1 Å². The van der Waals surface area contributed by atoms with Gasteiger partial charge in [0.25, 0.3) is 5.69 Å². The van der Waals surface area contributed by atoms with Crippen molar-refractivity contribution in [2.75, 3.05) is 29.9 Å². The maximum atomic E-state index is 11.1. The fourth-order valence-electron chi connectivity index (χ4n) is 2.39. The highest BCUT2D eigenvalue weighted by molar-refractivity contribution is 5.56. The van der Waals surface area contributed by atoms with Crippen LogP contribution in [-0.2, 0) is 0 Å². The number of nitro groups is 1. The van der Waals surface area contributed by atoms with E-state index in [1.54, 1.807) is 0 Å². The number of anilines is 2. The molecule has 2 rings (SSSR count). The molecule has 1 saturated carbocycles. The van der Waals surface area contributed by atoms with Crippen LogP contribution < -0.4 is 10.2 Å². The van der Waals surface area contributed by atoms with Crippen LogP contribution in [0.15, 0.2) is 12.1 Å². The van der Waals surface area contributed by atoms with E-state index in [-0.39, 0.29) is 12.3 Å². The van der Waals surface area contributed by atoms with Gasteiger partial charge in [0.05, 0.1) is 23.7 Å². The summed E-state index contributed by atoms with van der Waals surface area (Å²) in [5.74, 6) is 1.09. The van der Waals surface area contributed by atoms with Crippen LogP contribution in [0.1, 0.15) is 32.6 Å². The van der Waals surface area contributed by atoms with E-state index >= 15 is 0 Å². The fourth-order valence-corrected chi connectivity index (χ4v) is 2.39. The molecule has 1 aliphatic carbocycles. The van der Waals surface area contributed by atoms with E-state index in [2.05, 4.69) is 10.3 Å². The van der Waals surface area contributed by atoms with E-state index in [0.29, 0.717) is 24.2 Å². The topological polar surface area (TPSA) is 91.5 Å². The number of rotatable bonds is 8. The van der Waals surface area contributed by atoms with Crippen molar-refractivity contribution in [1.82, 2.24) is 4.98 Å². The first-order chi connectivity index (χ1) is 10.2. The van der Waals surface area contributed by atoms with Crippen molar-refractivity contribution < 1.29 is 10.0 Å². The molecular formula is C14H22N4O3. The van der Waals surface area contributed by atoms with Gasteiger partial charge in [0.1, 0.15) is 11.6 Å². The molecule has 21 heavy (non-hydrogen) atoms. The van der Waals surface area contributed by atoms with Gasteiger partial charge in [0.2, 0.25) is 0 Å². The molecule has 0 aromatic carbocycles. The van der Waals surface area contributed by atoms with Gasteiger partial charge in [-0.3, -0.25) is 10.1 Å². The summed E-state index contributed by atoms with van der Waals surface area (Å²) in [5.41, 5.74) is 0.0286. The summed E-state index contributed by atoms with van der Waals surface area (Å²) in [6, 6.07) is 3.27. The summed E-state index contributed by atoms with van der Waals surface area (Å²) < 4.78 is 0. The van der Waals surface area contributed by atoms with Gasteiger partial charge in [-0.1, -0.05) is 6.92 Å². The van der Waals surface area contributed by atoms with Crippen molar-refractivity contribution in [3.63, 3.8) is 0 Å². The second-order valence-corrected chi connectivity index (χ2v) is 5.25. The molecule has 1 fully saturated rings. The zero-order chi connectivity index (χ0) is 15.2. The van der Waals surface area contributed by atoms with Crippen molar-refractivity contribution in [3.05, 3.63) is 22.2 Å². The maximum absolute atomic E-state index is 11.1. The monoisotopic (exact) mass is 294 g/mol. The molecule has 1 aliphatic rings. The lowest BCUT2D eigenvalue weighted by Crippen LogP contribution is -2.42. The summed E-state index contributed by atoms with van der Waals surface area (Å²) in [4.78, 5) is 17.1. The average Bonchev–Trinajstić information content (AvgIpc) is 2.42. The predicted molar refractivity (Wildman–Crippen MR) is 81.7 cm³/mol. The SMILES string of the molecule is CCCNc1cc([N+](=O)[O-])cc(N(CCO)C2CCC2)n1. The van der Waals surface area contributed by atoms with E-state index in [1.807, 2.05) is 11.8 Å². The molecule has 0 spiro atoms. The average molecular weight is 294 g/mol. The normalized spacial score (nSPS) is 14.6. The molecule has 0 unspecified atom stereocenters. The summed E-state index contributed by atoms with van der Waals surface area (Å²) >= 11 is 0. The third-order valence-corrected chi connectivity index (χ3v) is 3.71. The van der Waals surface area contributed by atoms with Gasteiger partial charge in [-0.25, -0.2) is 4.98 Å². The standard InChI is InChI=1S/C14H22N4O3/c1-2-6-15-13-9-12(18(20)21)10-14(16-13)17(7-8-19)11-4-3-5-11/h9-11,19H,2-8H2,1H3,(H,15,16). The Morgan fingerprint density at radius 1 is 1.52 bits per heavy atom. The molecule has 116 valence electrons. The number of nitrogens with one attached hydrogen (secondary N) is 1. The second-order valence-electron chi connectivity index (χ2n) is 5.25. The molecule has 1 heterocycles. The Balaban J connectivity index is 2.29. The first-order valence-electron chi connectivity index (χ1n) is 7.43. The maximum Gasteiger partial charge on any atom is 0.276 e. The van der Waals surface area contributed by atoms with Gasteiger partial charge in [0, 0.05) is 19.1 Å². The minimum absolute atomic E-state index is 0.0125. The lowest BCUT2D eigenvalue weighted by atomic mass is 9.91.